The molecule has 0 aliphatic carbocycles. The first kappa shape index (κ1) is 16.8. The van der Waals surface area contributed by atoms with Crippen molar-refractivity contribution in [2.75, 3.05) is 13.2 Å². The Morgan fingerprint density at radius 2 is 2.14 bits per heavy atom. The molecule has 1 aromatic rings. The lowest BCUT2D eigenvalue weighted by Gasteiger charge is -2.10. The quantitative estimate of drug-likeness (QED) is 0.434. The predicted octanol–water partition coefficient (Wildman–Crippen LogP) is 4.29. The molecule has 0 spiro atoms. The largest absolute Gasteiger partial charge is 0.489 e. The van der Waals surface area contributed by atoms with Crippen molar-refractivity contribution in [1.29, 1.82) is 0 Å². The van der Waals surface area contributed by atoms with Crippen LogP contribution in [0.5, 0.6) is 5.75 Å². The van der Waals surface area contributed by atoms with E-state index in [4.69, 9.17) is 28.6 Å². The number of carbonyl (C=O) groups excluding carboxylic acids is 1. The fourth-order valence-corrected chi connectivity index (χ4v) is 3.29. The maximum atomic E-state index is 12.3. The van der Waals surface area contributed by atoms with Crippen molar-refractivity contribution < 1.29 is 9.53 Å². The molecule has 0 unspecified atom stereocenters. The van der Waals surface area contributed by atoms with Crippen LogP contribution < -0.4 is 4.74 Å². The number of thioether (sulfide) groups is 1. The van der Waals surface area contributed by atoms with E-state index in [-0.39, 0.29) is 5.91 Å². The zero-order valence-corrected chi connectivity index (χ0v) is 14.1. The molecule has 0 N–H and O–H groups in total. The van der Waals surface area contributed by atoms with Crippen LogP contribution in [0.15, 0.2) is 48.4 Å². The van der Waals surface area contributed by atoms with Gasteiger partial charge in [-0.3, -0.25) is 9.69 Å². The lowest BCUT2D eigenvalue weighted by molar-refractivity contribution is -0.121. The number of thiocarbonyl (C=S) groups is 1. The Labute approximate surface area is 144 Å². The molecule has 1 aromatic carbocycles. The number of carbonyl (C=O) groups is 1. The SMILES string of the molecule is C=CCOc1ccc(Cl)cc1C=C1SC(=S)N(CC=C)C1=O. The molecule has 1 aliphatic heterocycles. The molecule has 114 valence electrons. The summed E-state index contributed by atoms with van der Waals surface area (Å²) >= 11 is 12.5. The zero-order valence-electron chi connectivity index (χ0n) is 11.8. The van der Waals surface area contributed by atoms with Gasteiger partial charge in [0.1, 0.15) is 16.7 Å². The zero-order chi connectivity index (χ0) is 16.1. The van der Waals surface area contributed by atoms with Gasteiger partial charge >= 0.3 is 0 Å². The number of hydrogen-bond acceptors (Lipinski definition) is 4. The van der Waals surface area contributed by atoms with Gasteiger partial charge in [0.05, 0.1) is 4.91 Å². The number of halogens is 1. The van der Waals surface area contributed by atoms with Crippen molar-refractivity contribution >= 4 is 51.9 Å². The molecule has 3 nitrogen and oxygen atoms in total. The van der Waals surface area contributed by atoms with E-state index < -0.39 is 0 Å². The number of hydrogen-bond donors (Lipinski definition) is 0. The summed E-state index contributed by atoms with van der Waals surface area (Å²) in [7, 11) is 0. The predicted molar refractivity (Wildman–Crippen MR) is 97.2 cm³/mol. The number of rotatable bonds is 6. The van der Waals surface area contributed by atoms with Crippen molar-refractivity contribution in [1.82, 2.24) is 4.90 Å². The summed E-state index contributed by atoms with van der Waals surface area (Å²) in [4.78, 5) is 14.4. The minimum atomic E-state index is -0.135. The first-order valence-corrected chi connectivity index (χ1v) is 8.06. The van der Waals surface area contributed by atoms with Crippen LogP contribution in [0, 0.1) is 0 Å². The molecule has 1 aliphatic rings. The molecular weight excluding hydrogens is 338 g/mol. The molecule has 0 radical (unpaired) electrons. The molecule has 1 fully saturated rings. The number of amides is 1. The Kier molecular flexibility index (Phi) is 5.83. The topological polar surface area (TPSA) is 29.5 Å². The van der Waals surface area contributed by atoms with E-state index in [1.807, 2.05) is 0 Å². The Bertz CT molecular complexity index is 670. The van der Waals surface area contributed by atoms with Gasteiger partial charge in [-0.1, -0.05) is 54.3 Å². The Balaban J connectivity index is 2.34. The number of benzene rings is 1. The monoisotopic (exact) mass is 351 g/mol. The summed E-state index contributed by atoms with van der Waals surface area (Å²) in [6, 6.07) is 5.25. The van der Waals surface area contributed by atoms with Crippen molar-refractivity contribution in [2.24, 2.45) is 0 Å². The van der Waals surface area contributed by atoms with E-state index in [2.05, 4.69) is 13.2 Å². The summed E-state index contributed by atoms with van der Waals surface area (Å²) < 4.78 is 6.10. The van der Waals surface area contributed by atoms with Gasteiger partial charge in [-0.25, -0.2) is 0 Å². The van der Waals surface area contributed by atoms with E-state index in [0.717, 1.165) is 5.56 Å². The minimum absolute atomic E-state index is 0.135. The number of ether oxygens (including phenoxy) is 1. The van der Waals surface area contributed by atoms with Crippen LogP contribution in [0.4, 0.5) is 0 Å². The molecule has 0 saturated carbocycles. The van der Waals surface area contributed by atoms with E-state index in [9.17, 15) is 4.79 Å². The van der Waals surface area contributed by atoms with E-state index >= 15 is 0 Å². The van der Waals surface area contributed by atoms with Gasteiger partial charge in [0.15, 0.2) is 0 Å². The van der Waals surface area contributed by atoms with E-state index in [0.29, 0.717) is 33.1 Å². The second-order valence-corrected chi connectivity index (χ2v) is 6.48. The van der Waals surface area contributed by atoms with Crippen LogP contribution in [-0.4, -0.2) is 28.3 Å². The van der Waals surface area contributed by atoms with E-state index in [1.54, 1.807) is 36.4 Å². The van der Waals surface area contributed by atoms with Crippen LogP contribution in [-0.2, 0) is 4.79 Å². The average molecular weight is 352 g/mol. The van der Waals surface area contributed by atoms with Crippen molar-refractivity contribution in [3.8, 4) is 5.75 Å². The molecule has 0 aromatic heterocycles. The Morgan fingerprint density at radius 3 is 2.82 bits per heavy atom. The van der Waals surface area contributed by atoms with E-state index in [1.165, 1.54) is 16.7 Å². The third-order valence-electron chi connectivity index (χ3n) is 2.80. The lowest BCUT2D eigenvalue weighted by atomic mass is 10.2. The normalized spacial score (nSPS) is 16.2. The van der Waals surface area contributed by atoms with Gasteiger partial charge in [0.25, 0.3) is 5.91 Å². The second kappa shape index (κ2) is 7.63. The number of nitrogens with zero attached hydrogens (tertiary/aromatic N) is 1. The third kappa shape index (κ3) is 3.80. The van der Waals surface area contributed by atoms with Crippen molar-refractivity contribution in [2.45, 2.75) is 0 Å². The van der Waals surface area contributed by atoms with Gasteiger partial charge in [0, 0.05) is 17.1 Å². The minimum Gasteiger partial charge on any atom is -0.489 e. The molecule has 2 rings (SSSR count). The lowest BCUT2D eigenvalue weighted by Crippen LogP contribution is -2.27. The summed E-state index contributed by atoms with van der Waals surface area (Å²) in [5.74, 6) is 0.503. The molecule has 22 heavy (non-hydrogen) atoms. The highest BCUT2D eigenvalue weighted by atomic mass is 35.5. The molecule has 6 heteroatoms. The Hall–Kier alpha value is -1.56. The molecule has 1 heterocycles. The summed E-state index contributed by atoms with van der Waals surface area (Å²) in [6.07, 6.45) is 5.04. The molecule has 1 saturated heterocycles. The van der Waals surface area contributed by atoms with Crippen LogP contribution >= 0.6 is 35.6 Å². The Morgan fingerprint density at radius 1 is 1.36 bits per heavy atom. The van der Waals surface area contributed by atoms with Gasteiger partial charge in [-0.15, -0.1) is 6.58 Å². The fourth-order valence-electron chi connectivity index (χ4n) is 1.84. The average Bonchev–Trinajstić information content (AvgIpc) is 2.74. The van der Waals surface area contributed by atoms with Crippen LogP contribution in [0.25, 0.3) is 6.08 Å². The van der Waals surface area contributed by atoms with Crippen LogP contribution in [0.1, 0.15) is 5.56 Å². The molecule has 1 amide bonds. The van der Waals surface area contributed by atoms with Gasteiger partial charge in [-0.05, 0) is 24.3 Å². The highest BCUT2D eigenvalue weighted by Crippen LogP contribution is 2.34. The summed E-state index contributed by atoms with van der Waals surface area (Å²) in [6.45, 7) is 8.03. The maximum absolute atomic E-state index is 12.3. The van der Waals surface area contributed by atoms with Gasteiger partial charge in [-0.2, -0.15) is 0 Å². The fraction of sp³-hybridized carbons (Fsp3) is 0.125. The first-order valence-electron chi connectivity index (χ1n) is 6.46. The van der Waals surface area contributed by atoms with Gasteiger partial charge < -0.3 is 4.74 Å². The van der Waals surface area contributed by atoms with Gasteiger partial charge in [0.2, 0.25) is 0 Å². The maximum Gasteiger partial charge on any atom is 0.266 e. The second-order valence-electron chi connectivity index (χ2n) is 4.36. The molecule has 0 atom stereocenters. The summed E-state index contributed by atoms with van der Waals surface area (Å²) in [5, 5.41) is 0.568. The van der Waals surface area contributed by atoms with Crippen LogP contribution in [0.2, 0.25) is 5.02 Å². The molecular formula is C16H14ClNO2S2. The molecule has 0 bridgehead atoms. The highest BCUT2D eigenvalue weighted by molar-refractivity contribution is 8.26. The van der Waals surface area contributed by atoms with Crippen molar-refractivity contribution in [3.63, 3.8) is 0 Å². The smallest absolute Gasteiger partial charge is 0.266 e. The third-order valence-corrected chi connectivity index (χ3v) is 4.41. The van der Waals surface area contributed by atoms with Crippen molar-refractivity contribution in [3.05, 3.63) is 59.0 Å². The highest BCUT2D eigenvalue weighted by Gasteiger charge is 2.31. The van der Waals surface area contributed by atoms with Crippen LogP contribution in [0.3, 0.4) is 0 Å². The first-order chi connectivity index (χ1) is 10.6. The standard InChI is InChI=1S/C16H14ClNO2S2/c1-3-7-18-15(19)14(22-16(18)21)10-11-9-12(17)5-6-13(11)20-8-4-2/h3-6,9-10H,1-2,7-8H2. The summed E-state index contributed by atoms with van der Waals surface area (Å²) in [5.41, 5.74) is 0.730.